The molecule has 0 unspecified atom stereocenters. The van der Waals surface area contributed by atoms with Crippen LogP contribution < -0.4 is 23.7 Å². The number of amides is 1. The van der Waals surface area contributed by atoms with E-state index in [0.29, 0.717) is 65.0 Å². The number of fused-ring (bicyclic) bond motifs is 3. The fourth-order valence-electron chi connectivity index (χ4n) is 5.57. The van der Waals surface area contributed by atoms with Crippen LogP contribution in [0.15, 0.2) is 60.4 Å². The van der Waals surface area contributed by atoms with E-state index in [0.717, 1.165) is 18.5 Å². The molecule has 1 fully saturated rings. The number of benzene rings is 3. The summed E-state index contributed by atoms with van der Waals surface area (Å²) >= 11 is 0. The Morgan fingerprint density at radius 2 is 1.80 bits per heavy atom. The maximum Gasteiger partial charge on any atom is 0.312 e. The standard InChI is InChI=1S/C32H29NO8/c1-37-25-6-3-5-20(31(25)38-2)17-26-30(36)22-12-13-24-29(32(22)41-26)23(18-28(35)40-24)19-8-10-21(11-9-19)39-16-15-33-14-4-7-27(33)34/h3,5-6,8-13,17,23H,4,7,14-16,18H2,1-2H3/b26-17-/t23-/m1/s1. The van der Waals surface area contributed by atoms with Crippen LogP contribution in [-0.4, -0.2) is 56.5 Å². The highest BCUT2D eigenvalue weighted by Gasteiger charge is 2.38. The highest BCUT2D eigenvalue weighted by Crippen LogP contribution is 2.49. The Morgan fingerprint density at radius 1 is 0.976 bits per heavy atom. The Hall–Kier alpha value is -4.79. The number of methoxy groups -OCH3 is 2. The second-order valence-corrected chi connectivity index (χ2v) is 10.0. The quantitative estimate of drug-likeness (QED) is 0.223. The number of ether oxygens (including phenoxy) is 5. The lowest BCUT2D eigenvalue weighted by Crippen LogP contribution is -2.29. The molecule has 3 aliphatic heterocycles. The van der Waals surface area contributed by atoms with Crippen LogP contribution in [0.1, 0.15) is 52.2 Å². The number of carbonyl (C=O) groups excluding carboxylic acids is 3. The number of Topliss-reactive ketones (excluding diaryl/α,β-unsaturated/α-hetero) is 1. The summed E-state index contributed by atoms with van der Waals surface area (Å²) in [5, 5.41) is 0. The van der Waals surface area contributed by atoms with Gasteiger partial charge in [-0.25, -0.2) is 0 Å². The summed E-state index contributed by atoms with van der Waals surface area (Å²) in [6, 6.07) is 16.1. The van der Waals surface area contributed by atoms with Gasteiger partial charge in [0.1, 0.15) is 23.9 Å². The van der Waals surface area contributed by atoms with E-state index in [9.17, 15) is 14.4 Å². The van der Waals surface area contributed by atoms with Crippen LogP contribution >= 0.6 is 0 Å². The first-order chi connectivity index (χ1) is 20.0. The molecule has 0 radical (unpaired) electrons. The first-order valence-corrected chi connectivity index (χ1v) is 13.5. The normalized spacial score (nSPS) is 18.6. The monoisotopic (exact) mass is 555 g/mol. The summed E-state index contributed by atoms with van der Waals surface area (Å²) < 4.78 is 28.5. The topological polar surface area (TPSA) is 101 Å². The van der Waals surface area contributed by atoms with E-state index < -0.39 is 0 Å². The van der Waals surface area contributed by atoms with Gasteiger partial charge in [-0.3, -0.25) is 14.4 Å². The van der Waals surface area contributed by atoms with Gasteiger partial charge >= 0.3 is 5.97 Å². The number of rotatable bonds is 8. The molecule has 0 N–H and O–H groups in total. The number of hydrogen-bond acceptors (Lipinski definition) is 8. The number of likely N-dealkylation sites (tertiary alicyclic amines) is 1. The molecule has 9 heteroatoms. The predicted molar refractivity (Wildman–Crippen MR) is 149 cm³/mol. The van der Waals surface area contributed by atoms with Crippen molar-refractivity contribution in [2.45, 2.75) is 25.2 Å². The second kappa shape index (κ2) is 11.0. The summed E-state index contributed by atoms with van der Waals surface area (Å²) in [4.78, 5) is 39.6. The van der Waals surface area contributed by atoms with Gasteiger partial charge in [-0.1, -0.05) is 24.3 Å². The highest BCUT2D eigenvalue weighted by molar-refractivity contribution is 6.15. The van der Waals surface area contributed by atoms with Crippen molar-refractivity contribution in [3.63, 3.8) is 0 Å². The molecular weight excluding hydrogens is 526 g/mol. The predicted octanol–water partition coefficient (Wildman–Crippen LogP) is 4.76. The van der Waals surface area contributed by atoms with Gasteiger partial charge in [-0.15, -0.1) is 0 Å². The Kier molecular flexibility index (Phi) is 7.09. The maximum absolute atomic E-state index is 13.4. The number of carbonyl (C=O) groups is 3. The van der Waals surface area contributed by atoms with Crippen LogP contribution in [0.5, 0.6) is 28.7 Å². The SMILES string of the molecule is COc1cccc(/C=C2\Oc3c(ccc4c3[C@@H](c3ccc(OCCN5CCCC5=O)cc3)CC(=O)O4)C2=O)c1OC. The molecule has 0 bridgehead atoms. The summed E-state index contributed by atoms with van der Waals surface area (Å²) in [5.74, 6) is 1.72. The van der Waals surface area contributed by atoms with Gasteiger partial charge in [-0.05, 0) is 48.4 Å². The van der Waals surface area contributed by atoms with Crippen molar-refractivity contribution in [3.05, 3.63) is 82.6 Å². The molecule has 3 heterocycles. The Balaban J connectivity index is 1.27. The Bertz CT molecular complexity index is 1560. The molecule has 6 rings (SSSR count). The highest BCUT2D eigenvalue weighted by atomic mass is 16.5. The average Bonchev–Trinajstić information content (AvgIpc) is 3.54. The van der Waals surface area contributed by atoms with Gasteiger partial charge < -0.3 is 28.6 Å². The third-order valence-electron chi connectivity index (χ3n) is 7.58. The first-order valence-electron chi connectivity index (χ1n) is 13.5. The second-order valence-electron chi connectivity index (χ2n) is 10.0. The molecule has 3 aliphatic rings. The molecule has 41 heavy (non-hydrogen) atoms. The van der Waals surface area contributed by atoms with E-state index in [-0.39, 0.29) is 35.8 Å². The number of para-hydroxylation sites is 1. The minimum Gasteiger partial charge on any atom is -0.493 e. The van der Waals surface area contributed by atoms with Gasteiger partial charge in [0, 0.05) is 30.0 Å². The smallest absolute Gasteiger partial charge is 0.312 e. The molecule has 0 aromatic heterocycles. The van der Waals surface area contributed by atoms with Crippen LogP contribution in [-0.2, 0) is 9.59 Å². The van der Waals surface area contributed by atoms with Crippen LogP contribution in [0.3, 0.4) is 0 Å². The largest absolute Gasteiger partial charge is 0.493 e. The van der Waals surface area contributed by atoms with Crippen LogP contribution in [0.2, 0.25) is 0 Å². The molecule has 3 aromatic rings. The van der Waals surface area contributed by atoms with E-state index in [1.807, 2.05) is 29.2 Å². The zero-order valence-electron chi connectivity index (χ0n) is 22.8. The Morgan fingerprint density at radius 3 is 2.54 bits per heavy atom. The number of ketones is 1. The van der Waals surface area contributed by atoms with Crippen LogP contribution in [0.25, 0.3) is 6.08 Å². The number of hydrogen-bond donors (Lipinski definition) is 0. The molecular formula is C32H29NO8. The van der Waals surface area contributed by atoms with E-state index in [1.165, 1.54) is 7.11 Å². The number of esters is 1. The molecule has 3 aromatic carbocycles. The number of allylic oxidation sites excluding steroid dienone is 1. The van der Waals surface area contributed by atoms with Crippen molar-refractivity contribution in [1.29, 1.82) is 0 Å². The molecule has 210 valence electrons. The maximum atomic E-state index is 13.4. The van der Waals surface area contributed by atoms with E-state index in [2.05, 4.69) is 0 Å². The minimum atomic E-state index is -0.379. The average molecular weight is 556 g/mol. The summed E-state index contributed by atoms with van der Waals surface area (Å²) in [5.41, 5.74) is 2.54. The molecule has 0 aliphatic carbocycles. The molecule has 1 atom stereocenters. The van der Waals surface area contributed by atoms with Crippen molar-refractivity contribution >= 4 is 23.7 Å². The third kappa shape index (κ3) is 4.99. The van der Waals surface area contributed by atoms with Gasteiger partial charge in [0.05, 0.1) is 32.7 Å². The van der Waals surface area contributed by atoms with E-state index in [1.54, 1.807) is 43.5 Å². The van der Waals surface area contributed by atoms with Crippen molar-refractivity contribution in [2.24, 2.45) is 0 Å². The van der Waals surface area contributed by atoms with Crippen LogP contribution in [0, 0.1) is 0 Å². The zero-order chi connectivity index (χ0) is 28.5. The third-order valence-corrected chi connectivity index (χ3v) is 7.58. The van der Waals surface area contributed by atoms with Crippen molar-refractivity contribution in [3.8, 4) is 28.7 Å². The summed E-state index contributed by atoms with van der Waals surface area (Å²) in [6.07, 6.45) is 3.22. The summed E-state index contributed by atoms with van der Waals surface area (Å²) in [7, 11) is 3.08. The molecule has 0 saturated carbocycles. The van der Waals surface area contributed by atoms with Gasteiger partial charge in [-0.2, -0.15) is 0 Å². The molecule has 9 nitrogen and oxygen atoms in total. The zero-order valence-corrected chi connectivity index (χ0v) is 22.8. The molecule has 1 amide bonds. The van der Waals surface area contributed by atoms with Crippen molar-refractivity contribution < 1.29 is 38.1 Å². The van der Waals surface area contributed by atoms with Gasteiger partial charge in [0.2, 0.25) is 11.7 Å². The lowest BCUT2D eigenvalue weighted by atomic mass is 9.84. The molecule has 1 saturated heterocycles. The van der Waals surface area contributed by atoms with Crippen molar-refractivity contribution in [1.82, 2.24) is 4.90 Å². The Labute approximate surface area is 237 Å². The molecule has 0 spiro atoms. The van der Waals surface area contributed by atoms with E-state index >= 15 is 0 Å². The fraction of sp³-hybridized carbons (Fsp3) is 0.281. The minimum absolute atomic E-state index is 0.0982. The van der Waals surface area contributed by atoms with Crippen LogP contribution in [0.4, 0.5) is 0 Å². The first kappa shape index (κ1) is 26.4. The van der Waals surface area contributed by atoms with Gasteiger partial charge in [0.15, 0.2) is 17.3 Å². The van der Waals surface area contributed by atoms with Crippen molar-refractivity contribution in [2.75, 3.05) is 33.9 Å². The lowest BCUT2D eigenvalue weighted by Gasteiger charge is -2.26. The lowest BCUT2D eigenvalue weighted by molar-refractivity contribution is -0.135. The van der Waals surface area contributed by atoms with Gasteiger partial charge in [0.25, 0.3) is 0 Å². The van der Waals surface area contributed by atoms with E-state index in [4.69, 9.17) is 23.7 Å². The fourth-order valence-corrected chi connectivity index (χ4v) is 5.57. The number of nitrogens with zero attached hydrogens (tertiary/aromatic N) is 1. The summed E-state index contributed by atoms with van der Waals surface area (Å²) in [6.45, 7) is 1.73.